The van der Waals surface area contributed by atoms with Crippen molar-refractivity contribution in [2.24, 2.45) is 0 Å². The van der Waals surface area contributed by atoms with Crippen LogP contribution in [-0.2, 0) is 10.5 Å². The highest BCUT2D eigenvalue weighted by molar-refractivity contribution is 8.03. The van der Waals surface area contributed by atoms with Crippen LogP contribution in [0.2, 0.25) is 5.02 Å². The number of methoxy groups -OCH3 is 2. The number of hydrogen-bond donors (Lipinski definition) is 1. The summed E-state index contributed by atoms with van der Waals surface area (Å²) in [7, 11) is 3.09. The lowest BCUT2D eigenvalue weighted by Crippen LogP contribution is -2.48. The molecule has 1 fully saturated rings. The molecule has 1 amide bonds. The molecule has 2 aliphatic rings. The summed E-state index contributed by atoms with van der Waals surface area (Å²) in [6, 6.07) is 14.4. The van der Waals surface area contributed by atoms with Crippen molar-refractivity contribution in [3.63, 3.8) is 0 Å². The highest BCUT2D eigenvalue weighted by Crippen LogP contribution is 2.52. The molecule has 0 radical (unpaired) electrons. The third-order valence-electron chi connectivity index (χ3n) is 5.43. The van der Waals surface area contributed by atoms with Gasteiger partial charge in [0.2, 0.25) is 5.91 Å². The van der Waals surface area contributed by atoms with Crippen molar-refractivity contribution in [2.75, 3.05) is 20.0 Å². The van der Waals surface area contributed by atoms with Gasteiger partial charge in [0.25, 0.3) is 0 Å². The van der Waals surface area contributed by atoms with Crippen LogP contribution in [0.4, 0.5) is 0 Å². The summed E-state index contributed by atoms with van der Waals surface area (Å²) in [4.78, 5) is 14.5. The molecule has 2 aromatic carbocycles. The predicted octanol–water partition coefficient (Wildman–Crippen LogP) is 4.00. The SMILES string of the molecule is COc1ccc([C@H]2CC(=O)N3C(=C2C#N)SC[C@]3(O)c2ccc(Cl)cc2)cc1OC. The number of halogens is 1. The van der Waals surface area contributed by atoms with Crippen molar-refractivity contribution in [1.29, 1.82) is 5.26 Å². The Morgan fingerprint density at radius 3 is 2.53 bits per heavy atom. The second kappa shape index (κ2) is 7.88. The highest BCUT2D eigenvalue weighted by atomic mass is 35.5. The molecular formula is C22H19ClN2O4S. The van der Waals surface area contributed by atoms with Crippen LogP contribution >= 0.6 is 23.4 Å². The predicted molar refractivity (Wildman–Crippen MR) is 114 cm³/mol. The number of aliphatic hydroxyl groups is 1. The number of carbonyl (C=O) groups excluding carboxylic acids is 1. The van der Waals surface area contributed by atoms with Gasteiger partial charge in [-0.05, 0) is 29.8 Å². The lowest BCUT2D eigenvalue weighted by molar-refractivity contribution is -0.149. The van der Waals surface area contributed by atoms with E-state index in [1.807, 2.05) is 6.07 Å². The van der Waals surface area contributed by atoms with E-state index in [-0.39, 0.29) is 18.1 Å². The van der Waals surface area contributed by atoms with Gasteiger partial charge in [0.05, 0.1) is 36.6 Å². The standard InChI is InChI=1S/C22H19ClN2O4S/c1-28-18-8-3-13(9-19(18)29-2)16-10-20(26)25-21(17(16)11-24)30-12-22(25,27)14-4-6-15(23)7-5-14/h3-9,16,27H,10,12H2,1-2H3/t16-,22+/m1/s1. The van der Waals surface area contributed by atoms with Gasteiger partial charge in [-0.15, -0.1) is 11.8 Å². The Bertz CT molecular complexity index is 1080. The van der Waals surface area contributed by atoms with E-state index in [2.05, 4.69) is 6.07 Å². The van der Waals surface area contributed by atoms with E-state index in [0.717, 1.165) is 5.56 Å². The average molecular weight is 443 g/mol. The van der Waals surface area contributed by atoms with Crippen molar-refractivity contribution in [2.45, 2.75) is 18.1 Å². The molecule has 1 N–H and O–H groups in total. The van der Waals surface area contributed by atoms with Crippen LogP contribution in [0, 0.1) is 11.3 Å². The van der Waals surface area contributed by atoms with Crippen LogP contribution in [0.3, 0.4) is 0 Å². The molecule has 0 spiro atoms. The van der Waals surface area contributed by atoms with E-state index in [1.165, 1.54) is 23.8 Å². The largest absolute Gasteiger partial charge is 0.493 e. The van der Waals surface area contributed by atoms with Crippen molar-refractivity contribution >= 4 is 29.3 Å². The lowest BCUT2D eigenvalue weighted by Gasteiger charge is -2.38. The number of benzene rings is 2. The molecule has 1 saturated heterocycles. The zero-order valence-electron chi connectivity index (χ0n) is 16.4. The maximum absolute atomic E-state index is 13.2. The van der Waals surface area contributed by atoms with Crippen LogP contribution < -0.4 is 9.47 Å². The van der Waals surface area contributed by atoms with Crippen molar-refractivity contribution in [3.05, 3.63) is 69.2 Å². The number of thioether (sulfide) groups is 1. The molecular weight excluding hydrogens is 424 g/mol. The second-order valence-corrected chi connectivity index (χ2v) is 8.44. The van der Waals surface area contributed by atoms with Gasteiger partial charge in [-0.1, -0.05) is 29.8 Å². The first kappa shape index (κ1) is 20.6. The van der Waals surface area contributed by atoms with Gasteiger partial charge in [-0.3, -0.25) is 9.69 Å². The quantitative estimate of drug-likeness (QED) is 0.770. The molecule has 0 aliphatic carbocycles. The molecule has 30 heavy (non-hydrogen) atoms. The summed E-state index contributed by atoms with van der Waals surface area (Å²) < 4.78 is 10.7. The van der Waals surface area contributed by atoms with Crippen molar-refractivity contribution in [1.82, 2.24) is 4.90 Å². The third-order valence-corrected chi connectivity index (χ3v) is 6.90. The number of nitriles is 1. The van der Waals surface area contributed by atoms with E-state index in [1.54, 1.807) is 43.5 Å². The molecule has 2 aliphatic heterocycles. The highest BCUT2D eigenvalue weighted by Gasteiger charge is 2.51. The fourth-order valence-electron chi connectivity index (χ4n) is 3.91. The minimum atomic E-state index is -1.52. The molecule has 0 unspecified atom stereocenters. The maximum atomic E-state index is 13.2. The molecule has 0 saturated carbocycles. The van der Waals surface area contributed by atoms with Crippen LogP contribution in [0.25, 0.3) is 0 Å². The summed E-state index contributed by atoms with van der Waals surface area (Å²) in [6.45, 7) is 0. The molecule has 8 heteroatoms. The zero-order valence-corrected chi connectivity index (χ0v) is 18.0. The normalized spacial score (nSPS) is 23.2. The number of ether oxygens (including phenoxy) is 2. The Kier molecular flexibility index (Phi) is 5.41. The Morgan fingerprint density at radius 1 is 1.20 bits per heavy atom. The van der Waals surface area contributed by atoms with Gasteiger partial charge >= 0.3 is 0 Å². The van der Waals surface area contributed by atoms with Gasteiger partial charge in [-0.2, -0.15) is 5.26 Å². The van der Waals surface area contributed by atoms with E-state index >= 15 is 0 Å². The maximum Gasteiger partial charge on any atom is 0.231 e. The Morgan fingerprint density at radius 2 is 1.90 bits per heavy atom. The van der Waals surface area contributed by atoms with Gasteiger partial charge in [0, 0.05) is 22.9 Å². The van der Waals surface area contributed by atoms with Gasteiger partial charge in [0.15, 0.2) is 17.2 Å². The Labute approximate surface area is 183 Å². The van der Waals surface area contributed by atoms with E-state index < -0.39 is 11.6 Å². The molecule has 6 nitrogen and oxygen atoms in total. The summed E-state index contributed by atoms with van der Waals surface area (Å²) in [6.07, 6.45) is 0.0678. The average Bonchev–Trinajstić information content (AvgIpc) is 3.12. The molecule has 2 aromatic rings. The number of rotatable bonds is 4. The first-order valence-electron chi connectivity index (χ1n) is 9.23. The third kappa shape index (κ3) is 3.21. The molecule has 4 rings (SSSR count). The number of fused-ring (bicyclic) bond motifs is 1. The second-order valence-electron chi connectivity index (χ2n) is 7.04. The van der Waals surface area contributed by atoms with Crippen molar-refractivity contribution in [3.8, 4) is 17.6 Å². The van der Waals surface area contributed by atoms with Crippen LogP contribution in [0.1, 0.15) is 23.5 Å². The Balaban J connectivity index is 1.78. The van der Waals surface area contributed by atoms with E-state index in [4.69, 9.17) is 21.1 Å². The van der Waals surface area contributed by atoms with Gasteiger partial charge < -0.3 is 14.6 Å². The molecule has 2 heterocycles. The van der Waals surface area contributed by atoms with Crippen LogP contribution in [-0.4, -0.2) is 35.9 Å². The first-order valence-corrected chi connectivity index (χ1v) is 10.6. The lowest BCUT2D eigenvalue weighted by atomic mass is 9.85. The summed E-state index contributed by atoms with van der Waals surface area (Å²) >= 11 is 7.28. The molecule has 154 valence electrons. The number of carbonyl (C=O) groups is 1. The van der Waals surface area contributed by atoms with E-state index in [0.29, 0.717) is 32.7 Å². The Hall–Kier alpha value is -2.66. The van der Waals surface area contributed by atoms with Gasteiger partial charge in [-0.25, -0.2) is 0 Å². The molecule has 2 atom stereocenters. The van der Waals surface area contributed by atoms with Crippen LogP contribution in [0.5, 0.6) is 11.5 Å². The number of nitrogens with zero attached hydrogens (tertiary/aromatic N) is 2. The number of amides is 1. The minimum absolute atomic E-state index is 0.0678. The minimum Gasteiger partial charge on any atom is -0.493 e. The van der Waals surface area contributed by atoms with Crippen molar-refractivity contribution < 1.29 is 19.4 Å². The fraction of sp³-hybridized carbons (Fsp3) is 0.273. The molecule has 0 bridgehead atoms. The van der Waals surface area contributed by atoms with E-state index in [9.17, 15) is 15.2 Å². The smallest absolute Gasteiger partial charge is 0.231 e. The number of hydrogen-bond acceptors (Lipinski definition) is 6. The monoisotopic (exact) mass is 442 g/mol. The zero-order chi connectivity index (χ0) is 21.5. The summed E-state index contributed by atoms with van der Waals surface area (Å²) in [5.74, 6) is 0.673. The summed E-state index contributed by atoms with van der Waals surface area (Å²) in [5, 5.41) is 22.4. The fourth-order valence-corrected chi connectivity index (χ4v) is 5.39. The first-order chi connectivity index (χ1) is 14.4. The molecule has 0 aromatic heterocycles. The van der Waals surface area contributed by atoms with Gasteiger partial charge in [0.1, 0.15) is 0 Å². The topological polar surface area (TPSA) is 82.8 Å². The van der Waals surface area contributed by atoms with Crippen LogP contribution in [0.15, 0.2) is 53.1 Å². The number of allylic oxidation sites excluding steroid dienone is 1. The summed E-state index contributed by atoms with van der Waals surface area (Å²) in [5.41, 5.74) is 0.278.